The van der Waals surface area contributed by atoms with Gasteiger partial charge < -0.3 is 9.72 Å². The fourth-order valence-electron chi connectivity index (χ4n) is 2.55. The normalized spacial score (nSPS) is 11.3. The predicted octanol–water partition coefficient (Wildman–Crippen LogP) is 3.56. The summed E-state index contributed by atoms with van der Waals surface area (Å²) in [4.78, 5) is 19.5. The molecule has 0 bridgehead atoms. The number of rotatable bonds is 4. The van der Waals surface area contributed by atoms with Crippen molar-refractivity contribution in [2.24, 2.45) is 0 Å². The molecule has 0 aliphatic carbocycles. The van der Waals surface area contributed by atoms with Crippen molar-refractivity contribution in [1.82, 2.24) is 9.97 Å². The Morgan fingerprint density at radius 3 is 2.68 bits per heavy atom. The lowest BCUT2D eigenvalue weighted by Crippen LogP contribution is -2.11. The lowest BCUT2D eigenvalue weighted by molar-refractivity contribution is 0.415. The van der Waals surface area contributed by atoms with E-state index >= 15 is 0 Å². The van der Waals surface area contributed by atoms with Crippen molar-refractivity contribution in [3.63, 3.8) is 0 Å². The van der Waals surface area contributed by atoms with Crippen molar-refractivity contribution >= 4 is 22.6 Å². The number of nitrogens with one attached hydrogen (secondary N) is 1. The molecule has 1 N–H and O–H groups in total. The Hall–Kier alpha value is -3.39. The van der Waals surface area contributed by atoms with Crippen LogP contribution in [-0.4, -0.2) is 17.1 Å². The summed E-state index contributed by atoms with van der Waals surface area (Å²) in [5, 5.41) is 10.0. The molecular formula is C20H17N3O2. The first kappa shape index (κ1) is 16.5. The molecule has 0 amide bonds. The molecule has 5 nitrogen and oxygen atoms in total. The second-order valence-corrected chi connectivity index (χ2v) is 5.56. The molecule has 124 valence electrons. The second kappa shape index (κ2) is 7.02. The molecule has 2 aromatic carbocycles. The number of aromatic nitrogens is 2. The topological polar surface area (TPSA) is 78.8 Å². The predicted molar refractivity (Wildman–Crippen MR) is 98.2 cm³/mol. The van der Waals surface area contributed by atoms with Crippen molar-refractivity contribution in [2.75, 3.05) is 7.11 Å². The highest BCUT2D eigenvalue weighted by Crippen LogP contribution is 2.18. The van der Waals surface area contributed by atoms with E-state index in [0.717, 1.165) is 23.3 Å². The smallest absolute Gasteiger partial charge is 0.259 e. The Bertz CT molecular complexity index is 1040. The second-order valence-electron chi connectivity index (χ2n) is 5.56. The van der Waals surface area contributed by atoms with Crippen LogP contribution in [0.25, 0.3) is 22.6 Å². The van der Waals surface area contributed by atoms with Crippen LogP contribution in [0.4, 0.5) is 0 Å². The van der Waals surface area contributed by atoms with E-state index in [0.29, 0.717) is 16.5 Å². The third-order valence-corrected chi connectivity index (χ3v) is 3.98. The lowest BCUT2D eigenvalue weighted by atomic mass is 10.1. The van der Waals surface area contributed by atoms with Crippen molar-refractivity contribution in [3.05, 3.63) is 69.8 Å². The van der Waals surface area contributed by atoms with Crippen LogP contribution in [0.15, 0.2) is 47.3 Å². The van der Waals surface area contributed by atoms with E-state index in [-0.39, 0.29) is 11.4 Å². The summed E-state index contributed by atoms with van der Waals surface area (Å²) in [6, 6.07) is 15.0. The maximum atomic E-state index is 12.4. The van der Waals surface area contributed by atoms with Crippen molar-refractivity contribution in [1.29, 1.82) is 5.26 Å². The number of nitrogens with zero attached hydrogens (tertiary/aromatic N) is 2. The van der Waals surface area contributed by atoms with Crippen LogP contribution in [-0.2, 0) is 6.42 Å². The summed E-state index contributed by atoms with van der Waals surface area (Å²) in [6.07, 6.45) is 2.53. The van der Waals surface area contributed by atoms with E-state index in [4.69, 9.17) is 4.74 Å². The van der Waals surface area contributed by atoms with E-state index in [2.05, 4.69) is 16.0 Å². The number of aromatic amines is 1. The maximum Gasteiger partial charge on any atom is 0.259 e. The largest absolute Gasteiger partial charge is 0.497 e. The SMILES string of the molecule is CCc1ccc2nc(C(C#N)=Cc3ccc(OC)cc3)[nH]c(=O)c2c1. The molecular weight excluding hydrogens is 314 g/mol. The van der Waals surface area contributed by atoms with Crippen molar-refractivity contribution < 1.29 is 4.74 Å². The van der Waals surface area contributed by atoms with E-state index in [1.54, 1.807) is 13.2 Å². The van der Waals surface area contributed by atoms with Gasteiger partial charge in [-0.15, -0.1) is 0 Å². The average molecular weight is 331 g/mol. The van der Waals surface area contributed by atoms with Crippen LogP contribution in [0.5, 0.6) is 5.75 Å². The molecule has 0 unspecified atom stereocenters. The Labute approximate surface area is 145 Å². The first-order valence-electron chi connectivity index (χ1n) is 7.93. The minimum atomic E-state index is -0.244. The number of allylic oxidation sites excluding steroid dienone is 1. The quantitative estimate of drug-likeness (QED) is 0.741. The molecule has 0 saturated carbocycles. The van der Waals surface area contributed by atoms with Crippen molar-refractivity contribution in [2.45, 2.75) is 13.3 Å². The van der Waals surface area contributed by atoms with E-state index in [1.807, 2.05) is 49.4 Å². The van der Waals surface area contributed by atoms with Gasteiger partial charge in [0.1, 0.15) is 11.8 Å². The van der Waals surface area contributed by atoms with Crippen molar-refractivity contribution in [3.8, 4) is 11.8 Å². The van der Waals surface area contributed by atoms with Gasteiger partial charge >= 0.3 is 0 Å². The Morgan fingerprint density at radius 2 is 2.04 bits per heavy atom. The van der Waals surface area contributed by atoms with Gasteiger partial charge in [0.05, 0.1) is 23.6 Å². The molecule has 3 aromatic rings. The van der Waals surface area contributed by atoms with E-state index < -0.39 is 0 Å². The average Bonchev–Trinajstić information content (AvgIpc) is 2.66. The summed E-state index contributed by atoms with van der Waals surface area (Å²) in [7, 11) is 1.60. The lowest BCUT2D eigenvalue weighted by Gasteiger charge is -2.04. The summed E-state index contributed by atoms with van der Waals surface area (Å²) >= 11 is 0. The van der Waals surface area contributed by atoms with Gasteiger partial charge in [-0.2, -0.15) is 5.26 Å². The summed E-state index contributed by atoms with van der Waals surface area (Å²) in [5.74, 6) is 1.000. The Kier molecular flexibility index (Phi) is 4.62. The minimum Gasteiger partial charge on any atom is -0.497 e. The summed E-state index contributed by atoms with van der Waals surface area (Å²) < 4.78 is 5.12. The first-order valence-corrected chi connectivity index (χ1v) is 7.93. The molecule has 0 saturated heterocycles. The highest BCUT2D eigenvalue weighted by atomic mass is 16.5. The van der Waals surface area contributed by atoms with Crippen LogP contribution in [0.3, 0.4) is 0 Å². The monoisotopic (exact) mass is 331 g/mol. The number of ether oxygens (including phenoxy) is 1. The fraction of sp³-hybridized carbons (Fsp3) is 0.150. The van der Waals surface area contributed by atoms with Gasteiger partial charge in [-0.25, -0.2) is 4.98 Å². The Balaban J connectivity index is 2.07. The number of H-pyrrole nitrogens is 1. The van der Waals surface area contributed by atoms with Crippen LogP contribution >= 0.6 is 0 Å². The summed E-state index contributed by atoms with van der Waals surface area (Å²) in [5.41, 5.74) is 2.52. The molecule has 5 heteroatoms. The standard InChI is InChI=1S/C20H17N3O2/c1-3-13-6-9-18-17(11-13)20(24)23-19(22-18)15(12-21)10-14-4-7-16(25-2)8-5-14/h4-11H,3H2,1-2H3,(H,22,23,24). The molecule has 25 heavy (non-hydrogen) atoms. The number of methoxy groups -OCH3 is 1. The van der Waals surface area contributed by atoms with E-state index in [1.165, 1.54) is 0 Å². The summed E-state index contributed by atoms with van der Waals surface area (Å²) in [6.45, 7) is 2.03. The van der Waals surface area contributed by atoms with Gasteiger partial charge in [-0.05, 0) is 47.9 Å². The number of benzene rings is 2. The van der Waals surface area contributed by atoms with Gasteiger partial charge in [0.2, 0.25) is 0 Å². The highest BCUT2D eigenvalue weighted by molar-refractivity contribution is 5.89. The van der Waals surface area contributed by atoms with Gasteiger partial charge in [0.15, 0.2) is 5.82 Å². The number of aryl methyl sites for hydroxylation is 1. The van der Waals surface area contributed by atoms with E-state index in [9.17, 15) is 10.1 Å². The molecule has 3 rings (SSSR count). The number of fused-ring (bicyclic) bond motifs is 1. The van der Waals surface area contributed by atoms with Crippen LogP contribution < -0.4 is 10.3 Å². The van der Waals surface area contributed by atoms with Crippen LogP contribution in [0.2, 0.25) is 0 Å². The zero-order valence-electron chi connectivity index (χ0n) is 14.0. The van der Waals surface area contributed by atoms with Gasteiger partial charge in [0.25, 0.3) is 5.56 Å². The molecule has 0 fully saturated rings. The Morgan fingerprint density at radius 1 is 1.28 bits per heavy atom. The zero-order chi connectivity index (χ0) is 17.8. The molecule has 0 radical (unpaired) electrons. The highest BCUT2D eigenvalue weighted by Gasteiger charge is 2.09. The van der Waals surface area contributed by atoms with Gasteiger partial charge in [0, 0.05) is 0 Å². The molecule has 0 aliphatic rings. The van der Waals surface area contributed by atoms with Crippen LogP contribution in [0, 0.1) is 11.3 Å². The molecule has 0 atom stereocenters. The van der Waals surface area contributed by atoms with Gasteiger partial charge in [-0.3, -0.25) is 4.79 Å². The zero-order valence-corrected chi connectivity index (χ0v) is 14.0. The molecule has 0 spiro atoms. The third-order valence-electron chi connectivity index (χ3n) is 3.98. The number of hydrogen-bond donors (Lipinski definition) is 1. The van der Waals surface area contributed by atoms with Crippen LogP contribution in [0.1, 0.15) is 23.9 Å². The van der Waals surface area contributed by atoms with Gasteiger partial charge in [-0.1, -0.05) is 25.1 Å². The third kappa shape index (κ3) is 3.43. The maximum absolute atomic E-state index is 12.4. The molecule has 0 aliphatic heterocycles. The molecule has 1 aromatic heterocycles. The number of hydrogen-bond acceptors (Lipinski definition) is 4. The number of nitriles is 1. The molecule has 1 heterocycles. The fourth-order valence-corrected chi connectivity index (χ4v) is 2.55. The first-order chi connectivity index (χ1) is 12.1. The minimum absolute atomic E-state index is 0.244.